The molecule has 2 saturated heterocycles. The van der Waals surface area contributed by atoms with Crippen molar-refractivity contribution in [1.82, 2.24) is 9.97 Å². The molecule has 0 radical (unpaired) electrons. The molecule has 0 spiro atoms. The molecule has 0 unspecified atom stereocenters. The van der Waals surface area contributed by atoms with Gasteiger partial charge in [0.05, 0.1) is 19.4 Å². The minimum absolute atomic E-state index is 0.0375. The summed E-state index contributed by atoms with van der Waals surface area (Å²) in [7, 11) is 1.65. The van der Waals surface area contributed by atoms with Gasteiger partial charge in [0.15, 0.2) is 6.10 Å². The Morgan fingerprint density at radius 2 is 2.00 bits per heavy atom. The van der Waals surface area contributed by atoms with E-state index >= 15 is 0 Å². The van der Waals surface area contributed by atoms with E-state index < -0.39 is 0 Å². The van der Waals surface area contributed by atoms with E-state index in [9.17, 15) is 0 Å². The highest BCUT2D eigenvalue weighted by Gasteiger charge is 2.49. The number of rotatable bonds is 3. The third-order valence-electron chi connectivity index (χ3n) is 3.16. The van der Waals surface area contributed by atoms with Crippen molar-refractivity contribution in [2.75, 3.05) is 20.3 Å². The summed E-state index contributed by atoms with van der Waals surface area (Å²) in [6, 6.07) is 0. The van der Waals surface area contributed by atoms with Crippen LogP contribution in [0.25, 0.3) is 0 Å². The van der Waals surface area contributed by atoms with Gasteiger partial charge in [-0.3, -0.25) is 0 Å². The fourth-order valence-electron chi connectivity index (χ4n) is 2.26. The Balaban J connectivity index is 1.70. The van der Waals surface area contributed by atoms with Crippen molar-refractivity contribution in [3.63, 3.8) is 0 Å². The van der Waals surface area contributed by atoms with Crippen LogP contribution in [0.5, 0.6) is 5.88 Å². The maximum Gasteiger partial charge on any atom is 0.236 e. The molecule has 6 nitrogen and oxygen atoms in total. The van der Waals surface area contributed by atoms with Crippen molar-refractivity contribution in [2.24, 2.45) is 0 Å². The van der Waals surface area contributed by atoms with E-state index in [1.165, 1.54) is 12.5 Å². The zero-order valence-corrected chi connectivity index (χ0v) is 10.5. The first-order valence-electron chi connectivity index (χ1n) is 5.67. The number of hydrogen-bond donors (Lipinski definition) is 0. The summed E-state index contributed by atoms with van der Waals surface area (Å²) in [5.74, 6) is 0.352. The van der Waals surface area contributed by atoms with Crippen molar-refractivity contribution >= 4 is 11.6 Å². The van der Waals surface area contributed by atoms with Gasteiger partial charge < -0.3 is 18.9 Å². The topological polar surface area (TPSA) is 62.7 Å². The highest BCUT2D eigenvalue weighted by atomic mass is 35.5. The van der Waals surface area contributed by atoms with Crippen molar-refractivity contribution in [1.29, 1.82) is 0 Å². The summed E-state index contributed by atoms with van der Waals surface area (Å²) in [5.41, 5.74) is 0. The average molecular weight is 273 g/mol. The van der Waals surface area contributed by atoms with Crippen molar-refractivity contribution < 1.29 is 18.9 Å². The molecular formula is C11H13ClN2O4. The maximum absolute atomic E-state index is 5.95. The van der Waals surface area contributed by atoms with Crippen molar-refractivity contribution in [3.05, 3.63) is 17.5 Å². The van der Waals surface area contributed by atoms with E-state index in [1.807, 2.05) is 0 Å². The zero-order valence-electron chi connectivity index (χ0n) is 9.78. The number of ether oxygens (including phenoxy) is 4. The molecule has 0 saturated carbocycles. The largest absolute Gasteiger partial charge is 0.468 e. The lowest BCUT2D eigenvalue weighted by molar-refractivity contribution is -0.0142. The first kappa shape index (κ1) is 12.1. The number of nitrogens with zero attached hydrogens (tertiary/aromatic N) is 2. The fourth-order valence-corrected chi connectivity index (χ4v) is 2.41. The number of fused-ring (bicyclic) bond motifs is 1. The molecule has 18 heavy (non-hydrogen) atoms. The summed E-state index contributed by atoms with van der Waals surface area (Å²) in [5, 5.41) is 0.377. The summed E-state index contributed by atoms with van der Waals surface area (Å²) >= 11 is 5.95. The van der Waals surface area contributed by atoms with Crippen LogP contribution in [0, 0.1) is 0 Å². The molecule has 0 amide bonds. The number of aromatic nitrogens is 2. The molecular weight excluding hydrogens is 260 g/mol. The Kier molecular flexibility index (Phi) is 3.34. The summed E-state index contributed by atoms with van der Waals surface area (Å²) < 4.78 is 22.3. The third-order valence-corrected chi connectivity index (χ3v) is 3.42. The Labute approximate surface area is 109 Å². The van der Waals surface area contributed by atoms with Crippen molar-refractivity contribution in [3.8, 4) is 5.88 Å². The molecule has 1 aromatic rings. The van der Waals surface area contributed by atoms with E-state index in [0.29, 0.717) is 24.1 Å². The molecule has 0 bridgehead atoms. The molecule has 3 rings (SSSR count). The summed E-state index contributed by atoms with van der Waals surface area (Å²) in [6.07, 6.45) is 2.40. The van der Waals surface area contributed by atoms with Gasteiger partial charge in [0.1, 0.15) is 29.7 Å². The van der Waals surface area contributed by atoms with Crippen LogP contribution >= 0.6 is 11.6 Å². The molecule has 7 heteroatoms. The molecule has 2 aliphatic heterocycles. The van der Waals surface area contributed by atoms with Crippen LogP contribution in [-0.2, 0) is 14.2 Å². The van der Waals surface area contributed by atoms with Crippen LogP contribution in [0.3, 0.4) is 0 Å². The first-order valence-corrected chi connectivity index (χ1v) is 6.05. The average Bonchev–Trinajstić information content (AvgIpc) is 2.94. The van der Waals surface area contributed by atoms with Crippen LogP contribution in [-0.4, -0.2) is 54.7 Å². The third kappa shape index (κ3) is 2.05. The smallest absolute Gasteiger partial charge is 0.236 e. The second-order valence-corrected chi connectivity index (χ2v) is 4.61. The van der Waals surface area contributed by atoms with Gasteiger partial charge in [-0.25, -0.2) is 9.97 Å². The highest BCUT2D eigenvalue weighted by Crippen LogP contribution is 2.32. The molecule has 3 heterocycles. The normalized spacial score (nSPS) is 34.6. The van der Waals surface area contributed by atoms with Crippen LogP contribution < -0.4 is 4.74 Å². The summed E-state index contributed by atoms with van der Waals surface area (Å²) in [6.45, 7) is 0.957. The number of methoxy groups -OCH3 is 1. The Morgan fingerprint density at radius 3 is 2.72 bits per heavy atom. The molecule has 0 N–H and O–H groups in total. The SMILES string of the molecule is CO[C@@H]1CO[C@H]2[C@@H]1OC[C@H]2Oc1ncncc1Cl. The van der Waals surface area contributed by atoms with Crippen molar-refractivity contribution in [2.45, 2.75) is 24.4 Å². The van der Waals surface area contributed by atoms with E-state index in [4.69, 9.17) is 30.5 Å². The standard InChI is InChI=1S/C11H13ClN2O4/c1-15-7-3-16-10-8(4-17-9(7)10)18-11-6(12)2-13-5-14-11/h2,5,7-10H,3-4H2,1H3/t7-,8-,9-,10-/m1/s1. The van der Waals surface area contributed by atoms with E-state index in [-0.39, 0.29) is 24.4 Å². The van der Waals surface area contributed by atoms with E-state index in [1.54, 1.807) is 7.11 Å². The maximum atomic E-state index is 5.95. The molecule has 4 atom stereocenters. The van der Waals surface area contributed by atoms with Gasteiger partial charge in [-0.15, -0.1) is 0 Å². The van der Waals surface area contributed by atoms with Crippen LogP contribution in [0.4, 0.5) is 0 Å². The fraction of sp³-hybridized carbons (Fsp3) is 0.636. The zero-order chi connectivity index (χ0) is 12.5. The van der Waals surface area contributed by atoms with Gasteiger partial charge in [-0.1, -0.05) is 11.6 Å². The minimum Gasteiger partial charge on any atom is -0.468 e. The van der Waals surface area contributed by atoms with Gasteiger partial charge in [0.25, 0.3) is 0 Å². The Bertz CT molecular complexity index is 433. The Hall–Kier alpha value is -0.950. The monoisotopic (exact) mass is 272 g/mol. The second-order valence-electron chi connectivity index (χ2n) is 4.20. The molecule has 98 valence electrons. The quantitative estimate of drug-likeness (QED) is 0.807. The lowest BCUT2D eigenvalue weighted by Gasteiger charge is -2.17. The lowest BCUT2D eigenvalue weighted by atomic mass is 10.1. The molecule has 1 aromatic heterocycles. The lowest BCUT2D eigenvalue weighted by Crippen LogP contribution is -2.35. The first-order chi connectivity index (χ1) is 8.79. The van der Waals surface area contributed by atoms with Crippen LogP contribution in [0.2, 0.25) is 5.02 Å². The van der Waals surface area contributed by atoms with E-state index in [2.05, 4.69) is 9.97 Å². The highest BCUT2D eigenvalue weighted by molar-refractivity contribution is 6.31. The molecule has 2 fully saturated rings. The second kappa shape index (κ2) is 4.97. The summed E-state index contributed by atoms with van der Waals surface area (Å²) in [4.78, 5) is 7.79. The number of hydrogen-bond acceptors (Lipinski definition) is 6. The van der Waals surface area contributed by atoms with E-state index in [0.717, 1.165) is 0 Å². The minimum atomic E-state index is -0.220. The molecule has 2 aliphatic rings. The van der Waals surface area contributed by atoms with Gasteiger partial charge in [0, 0.05) is 7.11 Å². The van der Waals surface area contributed by atoms with Gasteiger partial charge in [-0.05, 0) is 0 Å². The number of halogens is 1. The van der Waals surface area contributed by atoms with Gasteiger partial charge in [0.2, 0.25) is 5.88 Å². The van der Waals surface area contributed by atoms with Gasteiger partial charge >= 0.3 is 0 Å². The molecule has 0 aromatic carbocycles. The predicted octanol–water partition coefficient (Wildman–Crippen LogP) is 0.690. The van der Waals surface area contributed by atoms with Crippen LogP contribution in [0.1, 0.15) is 0 Å². The van der Waals surface area contributed by atoms with Gasteiger partial charge in [-0.2, -0.15) is 0 Å². The predicted molar refractivity (Wildman–Crippen MR) is 61.7 cm³/mol. The van der Waals surface area contributed by atoms with Crippen LogP contribution in [0.15, 0.2) is 12.5 Å². The Morgan fingerprint density at radius 1 is 1.28 bits per heavy atom. The molecule has 0 aliphatic carbocycles.